The fraction of sp³-hybridized carbons (Fsp3) is 0. The average Bonchev–Trinajstić information content (AvgIpc) is 2.89. The Kier molecular flexibility index (Phi) is 3.74. The molecule has 0 unspecified atom stereocenters. The van der Waals surface area contributed by atoms with Crippen LogP contribution in [0.1, 0.15) is 0 Å². The normalized spacial score (nSPS) is 11.5. The highest BCUT2D eigenvalue weighted by molar-refractivity contribution is 7.89. The van der Waals surface area contributed by atoms with Crippen LogP contribution in [-0.2, 0) is 10.0 Å². The number of sulfonamides is 1. The van der Waals surface area contributed by atoms with Gasteiger partial charge in [0, 0.05) is 5.56 Å². The van der Waals surface area contributed by atoms with E-state index in [1.165, 1.54) is 12.1 Å². The van der Waals surface area contributed by atoms with Gasteiger partial charge in [-0.15, -0.1) is 0 Å². The standard InChI is InChI=1S/C15H11ClN2O3S/c16-15-13(10-6-8-12(9-7-10)22(17,19)20)14(18-21-15)11-4-2-1-3-5-11/h1-9H,(H2,17,19,20). The predicted octanol–water partition coefficient (Wildman–Crippen LogP) is 3.31. The number of primary sulfonamides is 1. The molecule has 0 saturated carbocycles. The molecule has 112 valence electrons. The fourth-order valence-corrected chi connectivity index (χ4v) is 2.87. The molecular weight excluding hydrogens is 324 g/mol. The topological polar surface area (TPSA) is 86.2 Å². The molecule has 2 N–H and O–H groups in total. The van der Waals surface area contributed by atoms with Crippen molar-refractivity contribution in [2.24, 2.45) is 5.14 Å². The summed E-state index contributed by atoms with van der Waals surface area (Å²) in [4.78, 5) is 0.0325. The smallest absolute Gasteiger partial charge is 0.238 e. The van der Waals surface area contributed by atoms with Gasteiger partial charge < -0.3 is 4.52 Å². The van der Waals surface area contributed by atoms with Gasteiger partial charge in [0.25, 0.3) is 0 Å². The summed E-state index contributed by atoms with van der Waals surface area (Å²) in [5.74, 6) is 0. The van der Waals surface area contributed by atoms with Gasteiger partial charge in [-0.25, -0.2) is 13.6 Å². The van der Waals surface area contributed by atoms with E-state index in [1.54, 1.807) is 12.1 Å². The Bertz CT molecular complexity index is 904. The van der Waals surface area contributed by atoms with Crippen molar-refractivity contribution in [3.63, 3.8) is 0 Å². The van der Waals surface area contributed by atoms with Crippen molar-refractivity contribution in [1.29, 1.82) is 0 Å². The molecule has 0 saturated heterocycles. The van der Waals surface area contributed by atoms with E-state index in [-0.39, 0.29) is 10.1 Å². The summed E-state index contributed by atoms with van der Waals surface area (Å²) in [6.45, 7) is 0. The van der Waals surface area contributed by atoms with Crippen LogP contribution in [0.4, 0.5) is 0 Å². The maximum atomic E-state index is 11.3. The molecular formula is C15H11ClN2O3S. The highest BCUT2D eigenvalue weighted by Gasteiger charge is 2.18. The third-order valence-corrected chi connectivity index (χ3v) is 4.36. The lowest BCUT2D eigenvalue weighted by Crippen LogP contribution is -2.11. The zero-order chi connectivity index (χ0) is 15.7. The number of hydrogen-bond acceptors (Lipinski definition) is 4. The van der Waals surface area contributed by atoms with Crippen molar-refractivity contribution in [2.45, 2.75) is 4.90 Å². The molecule has 5 nitrogen and oxygen atoms in total. The van der Waals surface area contributed by atoms with Crippen molar-refractivity contribution in [1.82, 2.24) is 5.16 Å². The molecule has 22 heavy (non-hydrogen) atoms. The zero-order valence-electron chi connectivity index (χ0n) is 11.2. The number of hydrogen-bond donors (Lipinski definition) is 1. The van der Waals surface area contributed by atoms with E-state index in [2.05, 4.69) is 5.16 Å². The van der Waals surface area contributed by atoms with Gasteiger partial charge in [0.15, 0.2) is 0 Å². The van der Waals surface area contributed by atoms with Crippen LogP contribution in [0.15, 0.2) is 64.0 Å². The zero-order valence-corrected chi connectivity index (χ0v) is 12.8. The van der Waals surface area contributed by atoms with E-state index >= 15 is 0 Å². The Morgan fingerprint density at radius 3 is 2.18 bits per heavy atom. The van der Waals surface area contributed by atoms with Gasteiger partial charge in [-0.1, -0.05) is 47.6 Å². The summed E-state index contributed by atoms with van der Waals surface area (Å²) < 4.78 is 27.7. The lowest BCUT2D eigenvalue weighted by atomic mass is 10.0. The minimum absolute atomic E-state index is 0.0325. The minimum Gasteiger partial charge on any atom is -0.343 e. The van der Waals surface area contributed by atoms with Gasteiger partial charge in [0.2, 0.25) is 15.2 Å². The van der Waals surface area contributed by atoms with Crippen molar-refractivity contribution in [2.75, 3.05) is 0 Å². The van der Waals surface area contributed by atoms with Gasteiger partial charge in [-0.3, -0.25) is 0 Å². The number of halogens is 1. The molecule has 2 aromatic carbocycles. The molecule has 0 atom stereocenters. The Morgan fingerprint density at radius 1 is 0.955 bits per heavy atom. The average molecular weight is 335 g/mol. The van der Waals surface area contributed by atoms with Crippen LogP contribution >= 0.6 is 11.6 Å². The highest BCUT2D eigenvalue weighted by Crippen LogP contribution is 2.37. The predicted molar refractivity (Wildman–Crippen MR) is 83.8 cm³/mol. The fourth-order valence-electron chi connectivity index (χ4n) is 2.12. The summed E-state index contributed by atoms with van der Waals surface area (Å²) in [5.41, 5.74) is 2.74. The number of nitrogens with two attached hydrogens (primary N) is 1. The molecule has 0 fully saturated rings. The van der Waals surface area contributed by atoms with Crippen LogP contribution in [0.3, 0.4) is 0 Å². The number of aromatic nitrogens is 1. The van der Waals surface area contributed by atoms with E-state index < -0.39 is 10.0 Å². The Labute approximate surface area is 132 Å². The summed E-state index contributed by atoms with van der Waals surface area (Å²) in [5, 5.41) is 9.22. The third kappa shape index (κ3) is 2.76. The van der Waals surface area contributed by atoms with E-state index in [4.69, 9.17) is 21.3 Å². The van der Waals surface area contributed by atoms with E-state index in [0.29, 0.717) is 16.8 Å². The van der Waals surface area contributed by atoms with Gasteiger partial charge in [-0.2, -0.15) is 0 Å². The molecule has 0 amide bonds. The first-order valence-corrected chi connectivity index (χ1v) is 8.23. The molecule has 0 bridgehead atoms. The maximum Gasteiger partial charge on any atom is 0.238 e. The molecule has 7 heteroatoms. The molecule has 1 aromatic heterocycles. The Hall–Kier alpha value is -2.15. The third-order valence-electron chi connectivity index (χ3n) is 3.17. The maximum absolute atomic E-state index is 11.3. The molecule has 0 aliphatic carbocycles. The lowest BCUT2D eigenvalue weighted by Gasteiger charge is -2.04. The molecule has 1 heterocycles. The van der Waals surface area contributed by atoms with E-state index in [9.17, 15) is 8.42 Å². The van der Waals surface area contributed by atoms with Gasteiger partial charge in [0.05, 0.1) is 10.5 Å². The van der Waals surface area contributed by atoms with Gasteiger partial charge >= 0.3 is 0 Å². The molecule has 0 spiro atoms. The largest absolute Gasteiger partial charge is 0.343 e. The van der Waals surface area contributed by atoms with Gasteiger partial charge in [0.1, 0.15) is 5.69 Å². The van der Waals surface area contributed by atoms with E-state index in [0.717, 1.165) is 5.56 Å². The quantitative estimate of drug-likeness (QED) is 0.796. The molecule has 3 rings (SSSR count). The molecule has 0 radical (unpaired) electrons. The Morgan fingerprint density at radius 2 is 1.59 bits per heavy atom. The number of rotatable bonds is 3. The second kappa shape index (κ2) is 5.57. The van der Waals surface area contributed by atoms with Crippen molar-refractivity contribution in [3.8, 4) is 22.4 Å². The Balaban J connectivity index is 2.12. The van der Waals surface area contributed by atoms with Gasteiger partial charge in [-0.05, 0) is 29.3 Å². The van der Waals surface area contributed by atoms with Crippen LogP contribution in [-0.4, -0.2) is 13.6 Å². The van der Waals surface area contributed by atoms with Crippen molar-refractivity contribution < 1.29 is 12.9 Å². The lowest BCUT2D eigenvalue weighted by molar-refractivity contribution is 0.424. The minimum atomic E-state index is -3.73. The SMILES string of the molecule is NS(=O)(=O)c1ccc(-c2c(-c3ccccc3)noc2Cl)cc1. The number of benzene rings is 2. The van der Waals surface area contributed by atoms with Crippen LogP contribution in [0.25, 0.3) is 22.4 Å². The number of nitrogens with zero attached hydrogens (tertiary/aromatic N) is 1. The second-order valence-corrected chi connectivity index (χ2v) is 6.52. The van der Waals surface area contributed by atoms with Crippen LogP contribution in [0.5, 0.6) is 0 Å². The van der Waals surface area contributed by atoms with Crippen molar-refractivity contribution >= 4 is 21.6 Å². The van der Waals surface area contributed by atoms with Crippen molar-refractivity contribution in [3.05, 3.63) is 59.8 Å². The summed E-state index contributed by atoms with van der Waals surface area (Å²) in [6, 6.07) is 15.5. The first-order valence-electron chi connectivity index (χ1n) is 6.30. The van der Waals surface area contributed by atoms with Crippen LogP contribution in [0.2, 0.25) is 5.22 Å². The summed E-state index contributed by atoms with van der Waals surface area (Å²) in [6.07, 6.45) is 0. The monoisotopic (exact) mass is 334 g/mol. The van der Waals surface area contributed by atoms with Crippen LogP contribution in [0, 0.1) is 0 Å². The van der Waals surface area contributed by atoms with Crippen LogP contribution < -0.4 is 5.14 Å². The highest BCUT2D eigenvalue weighted by atomic mass is 35.5. The molecule has 3 aromatic rings. The first-order chi connectivity index (χ1) is 10.5. The molecule has 0 aliphatic heterocycles. The van der Waals surface area contributed by atoms with E-state index in [1.807, 2.05) is 30.3 Å². The first kappa shape index (κ1) is 14.8. The molecule has 0 aliphatic rings. The summed E-state index contributed by atoms with van der Waals surface area (Å²) >= 11 is 6.09. The summed E-state index contributed by atoms with van der Waals surface area (Å²) in [7, 11) is -3.73. The second-order valence-electron chi connectivity index (χ2n) is 4.62.